The molecule has 1 saturated heterocycles. The van der Waals surface area contributed by atoms with Crippen molar-refractivity contribution < 1.29 is 9.47 Å². The third kappa shape index (κ3) is 3.56. The van der Waals surface area contributed by atoms with Gasteiger partial charge in [-0.25, -0.2) is 0 Å². The van der Waals surface area contributed by atoms with Gasteiger partial charge in [0.1, 0.15) is 0 Å². The number of rotatable bonds is 7. The van der Waals surface area contributed by atoms with Gasteiger partial charge in [-0.1, -0.05) is 13.8 Å². The van der Waals surface area contributed by atoms with E-state index in [2.05, 4.69) is 36.1 Å². The van der Waals surface area contributed by atoms with Crippen LogP contribution in [0, 0.1) is 0 Å². The van der Waals surface area contributed by atoms with Gasteiger partial charge in [-0.2, -0.15) is 5.10 Å². The number of nitrogens with one attached hydrogen (secondary N) is 1. The minimum atomic E-state index is 0.0988. The van der Waals surface area contributed by atoms with E-state index in [1.807, 2.05) is 4.68 Å². The average molecular weight is 296 g/mol. The number of hydrogen-bond donors (Lipinski definition) is 1. The zero-order valence-corrected chi connectivity index (χ0v) is 13.6. The van der Waals surface area contributed by atoms with Gasteiger partial charge in [0, 0.05) is 19.6 Å². The number of ether oxygens (including phenoxy) is 2. The lowest BCUT2D eigenvalue weighted by atomic mass is 10.0. The summed E-state index contributed by atoms with van der Waals surface area (Å²) in [5.41, 5.74) is 1.09. The molecule has 1 aromatic heterocycles. The molecular formula is C15H28N4O2. The highest BCUT2D eigenvalue weighted by molar-refractivity contribution is 5.29. The van der Waals surface area contributed by atoms with E-state index in [9.17, 15) is 0 Å². The first-order valence-electron chi connectivity index (χ1n) is 7.92. The van der Waals surface area contributed by atoms with Crippen molar-refractivity contribution in [3.63, 3.8) is 0 Å². The van der Waals surface area contributed by atoms with E-state index in [4.69, 9.17) is 9.47 Å². The van der Waals surface area contributed by atoms with Crippen LogP contribution in [-0.2, 0) is 11.3 Å². The molecule has 6 heteroatoms. The summed E-state index contributed by atoms with van der Waals surface area (Å²) in [4.78, 5) is 2.43. The number of aryl methyl sites for hydroxylation is 1. The van der Waals surface area contributed by atoms with Crippen LogP contribution >= 0.6 is 0 Å². The summed E-state index contributed by atoms with van der Waals surface area (Å²) in [6.07, 6.45) is 1.92. The van der Waals surface area contributed by atoms with E-state index < -0.39 is 0 Å². The normalized spacial score (nSPS) is 21.4. The largest absolute Gasteiger partial charge is 0.493 e. The topological polar surface area (TPSA) is 51.5 Å². The molecule has 0 saturated carbocycles. The van der Waals surface area contributed by atoms with Crippen LogP contribution in [-0.4, -0.2) is 60.7 Å². The number of aromatic nitrogens is 2. The summed E-state index contributed by atoms with van der Waals surface area (Å²) < 4.78 is 13.6. The van der Waals surface area contributed by atoms with Crippen LogP contribution in [0.15, 0.2) is 6.20 Å². The van der Waals surface area contributed by atoms with Gasteiger partial charge < -0.3 is 14.8 Å². The van der Waals surface area contributed by atoms with Gasteiger partial charge in [0.15, 0.2) is 5.75 Å². The van der Waals surface area contributed by atoms with Crippen LogP contribution in [0.5, 0.6) is 5.75 Å². The van der Waals surface area contributed by atoms with Crippen LogP contribution < -0.4 is 10.1 Å². The smallest absolute Gasteiger partial charge is 0.161 e. The lowest BCUT2D eigenvalue weighted by molar-refractivity contribution is -0.0470. The van der Waals surface area contributed by atoms with Gasteiger partial charge in [0.25, 0.3) is 0 Å². The number of hydrogen-bond acceptors (Lipinski definition) is 5. The molecule has 1 aliphatic heterocycles. The monoisotopic (exact) mass is 296 g/mol. The maximum absolute atomic E-state index is 6.05. The Morgan fingerprint density at radius 1 is 1.43 bits per heavy atom. The minimum Gasteiger partial charge on any atom is -0.493 e. The molecule has 2 rings (SSSR count). The molecule has 0 radical (unpaired) electrons. The second-order valence-electron chi connectivity index (χ2n) is 5.25. The van der Waals surface area contributed by atoms with Crippen molar-refractivity contribution in [3.05, 3.63) is 11.9 Å². The molecule has 1 fully saturated rings. The predicted octanol–water partition coefficient (Wildman–Crippen LogP) is 1.28. The first kappa shape index (κ1) is 16.3. The van der Waals surface area contributed by atoms with E-state index in [0.717, 1.165) is 50.8 Å². The molecule has 0 bridgehead atoms. The predicted molar refractivity (Wildman–Crippen MR) is 82.7 cm³/mol. The summed E-state index contributed by atoms with van der Waals surface area (Å²) in [6, 6.07) is 0.0988. The highest BCUT2D eigenvalue weighted by Crippen LogP contribution is 2.30. The Balaban J connectivity index is 2.27. The zero-order valence-electron chi connectivity index (χ0n) is 13.6. The van der Waals surface area contributed by atoms with E-state index in [0.29, 0.717) is 0 Å². The molecule has 6 nitrogen and oxygen atoms in total. The molecule has 1 aromatic rings. The van der Waals surface area contributed by atoms with Crippen molar-refractivity contribution in [2.75, 3.05) is 39.9 Å². The molecule has 1 N–H and O–H groups in total. The van der Waals surface area contributed by atoms with E-state index in [1.165, 1.54) is 0 Å². The zero-order chi connectivity index (χ0) is 15.2. The van der Waals surface area contributed by atoms with Crippen LogP contribution in [0.4, 0.5) is 0 Å². The lowest BCUT2D eigenvalue weighted by Crippen LogP contribution is -2.48. The van der Waals surface area contributed by atoms with E-state index in [-0.39, 0.29) is 12.1 Å². The number of nitrogens with zero attached hydrogens (tertiary/aromatic N) is 3. The van der Waals surface area contributed by atoms with Crippen LogP contribution in [0.1, 0.15) is 32.5 Å². The van der Waals surface area contributed by atoms with Gasteiger partial charge in [-0.15, -0.1) is 0 Å². The first-order chi connectivity index (χ1) is 10.2. The Morgan fingerprint density at radius 2 is 2.24 bits per heavy atom. The summed E-state index contributed by atoms with van der Waals surface area (Å²) in [6.45, 7) is 11.9. The molecule has 2 unspecified atom stereocenters. The standard InChI is InChI=1S/C15H28N4O2/c1-5-16-14(13-11-18(6-2)8-9-21-13)15-12(20-4)10-17-19(15)7-3/h10,13-14,16H,5-9,11H2,1-4H3. The number of methoxy groups -OCH3 is 1. The molecule has 0 aromatic carbocycles. The molecule has 0 aliphatic carbocycles. The van der Waals surface area contributed by atoms with Crippen molar-refractivity contribution >= 4 is 0 Å². The maximum atomic E-state index is 6.05. The highest BCUT2D eigenvalue weighted by atomic mass is 16.5. The molecule has 0 amide bonds. The Kier molecular flexibility index (Phi) is 6.02. The average Bonchev–Trinajstić information content (AvgIpc) is 2.95. The van der Waals surface area contributed by atoms with E-state index in [1.54, 1.807) is 13.3 Å². The summed E-state index contributed by atoms with van der Waals surface area (Å²) in [5.74, 6) is 0.833. The molecule has 0 spiro atoms. The molecule has 2 heterocycles. The summed E-state index contributed by atoms with van der Waals surface area (Å²) >= 11 is 0. The minimum absolute atomic E-state index is 0.0988. The third-order valence-electron chi connectivity index (χ3n) is 4.08. The fourth-order valence-electron chi connectivity index (χ4n) is 2.95. The van der Waals surface area contributed by atoms with Crippen molar-refractivity contribution in [1.29, 1.82) is 0 Å². The first-order valence-corrected chi connectivity index (χ1v) is 7.92. The van der Waals surface area contributed by atoms with Gasteiger partial charge >= 0.3 is 0 Å². The lowest BCUT2D eigenvalue weighted by Gasteiger charge is -2.37. The Bertz CT molecular complexity index is 414. The van der Waals surface area contributed by atoms with Gasteiger partial charge in [-0.3, -0.25) is 9.58 Å². The van der Waals surface area contributed by atoms with Crippen molar-refractivity contribution in [3.8, 4) is 5.75 Å². The molecular weight excluding hydrogens is 268 g/mol. The van der Waals surface area contributed by atoms with Crippen LogP contribution in [0.3, 0.4) is 0 Å². The van der Waals surface area contributed by atoms with Crippen LogP contribution in [0.25, 0.3) is 0 Å². The molecule has 21 heavy (non-hydrogen) atoms. The second kappa shape index (κ2) is 7.77. The second-order valence-corrected chi connectivity index (χ2v) is 5.25. The van der Waals surface area contributed by atoms with E-state index >= 15 is 0 Å². The van der Waals surface area contributed by atoms with Gasteiger partial charge in [0.05, 0.1) is 37.8 Å². The quantitative estimate of drug-likeness (QED) is 0.821. The van der Waals surface area contributed by atoms with Gasteiger partial charge in [0.2, 0.25) is 0 Å². The highest BCUT2D eigenvalue weighted by Gasteiger charge is 2.32. The number of likely N-dealkylation sites (N-methyl/N-ethyl adjacent to an activating group) is 2. The fourth-order valence-corrected chi connectivity index (χ4v) is 2.95. The Labute approximate surface area is 127 Å². The SMILES string of the molecule is CCNC(c1c(OC)cnn1CC)C1CN(CC)CCO1. The van der Waals surface area contributed by atoms with Gasteiger partial charge in [-0.05, 0) is 20.0 Å². The number of morpholine rings is 1. The molecule has 2 atom stereocenters. The Morgan fingerprint density at radius 3 is 2.86 bits per heavy atom. The van der Waals surface area contributed by atoms with Crippen molar-refractivity contribution in [2.45, 2.75) is 39.5 Å². The molecule has 1 aliphatic rings. The Hall–Kier alpha value is -1.11. The van der Waals surface area contributed by atoms with Crippen molar-refractivity contribution in [2.24, 2.45) is 0 Å². The summed E-state index contributed by atoms with van der Waals surface area (Å²) in [7, 11) is 1.70. The molecule has 120 valence electrons. The summed E-state index contributed by atoms with van der Waals surface area (Å²) in [5, 5.41) is 7.98. The van der Waals surface area contributed by atoms with Crippen LogP contribution in [0.2, 0.25) is 0 Å². The maximum Gasteiger partial charge on any atom is 0.161 e. The fraction of sp³-hybridized carbons (Fsp3) is 0.800. The van der Waals surface area contributed by atoms with Crippen molar-refractivity contribution in [1.82, 2.24) is 20.0 Å². The third-order valence-corrected chi connectivity index (χ3v) is 4.08.